The van der Waals surface area contributed by atoms with Gasteiger partial charge in [0, 0.05) is 45.0 Å². The van der Waals surface area contributed by atoms with E-state index < -0.39 is 28.6 Å². The molecule has 1 aromatic carbocycles. The highest BCUT2D eigenvalue weighted by Gasteiger charge is 2.26. The summed E-state index contributed by atoms with van der Waals surface area (Å²) in [4.78, 5) is 25.2. The van der Waals surface area contributed by atoms with Crippen LogP contribution in [-0.2, 0) is 6.54 Å². The average molecular weight is 412 g/mol. The van der Waals surface area contributed by atoms with Crippen molar-refractivity contribution < 1.29 is 23.8 Å². The second-order valence-corrected chi connectivity index (χ2v) is 6.69. The summed E-state index contributed by atoms with van der Waals surface area (Å²) in [6, 6.07) is 1.02. The van der Waals surface area contributed by atoms with Gasteiger partial charge in [-0.25, -0.2) is 13.6 Å². The third kappa shape index (κ3) is 4.72. The number of piperazine rings is 1. The van der Waals surface area contributed by atoms with E-state index in [9.17, 15) is 14.0 Å². The number of aryl methyl sites for hydroxylation is 1. The van der Waals surface area contributed by atoms with Gasteiger partial charge in [-0.05, 0) is 19.9 Å². The van der Waals surface area contributed by atoms with Crippen molar-refractivity contribution in [3.8, 4) is 0 Å². The minimum Gasteiger partial charge on any atom is -0.477 e. The van der Waals surface area contributed by atoms with Crippen LogP contribution in [0.1, 0.15) is 24.2 Å². The van der Waals surface area contributed by atoms with Crippen LogP contribution < -0.4 is 21.4 Å². The molecule has 0 amide bonds. The second-order valence-electron chi connectivity index (χ2n) is 6.69. The van der Waals surface area contributed by atoms with Crippen LogP contribution >= 0.6 is 0 Å². The van der Waals surface area contributed by atoms with Gasteiger partial charge in [-0.3, -0.25) is 4.79 Å². The minimum atomic E-state index is -1.42. The lowest BCUT2D eigenvalue weighted by molar-refractivity contribution is 0.0694. The van der Waals surface area contributed by atoms with Gasteiger partial charge in [-0.15, -0.1) is 0 Å². The Labute approximate surface area is 166 Å². The average Bonchev–Trinajstić information content (AvgIpc) is 2.68. The lowest BCUT2D eigenvalue weighted by Crippen LogP contribution is -2.49. The number of anilines is 1. The number of pyridine rings is 1. The molecule has 1 aliphatic rings. The monoisotopic (exact) mass is 412 g/mol. The third-order valence-electron chi connectivity index (χ3n) is 4.61. The quantitative estimate of drug-likeness (QED) is 0.584. The molecule has 5 N–H and O–H groups in total. The molecule has 29 heavy (non-hydrogen) atoms. The van der Waals surface area contributed by atoms with Crippen molar-refractivity contribution in [3.63, 3.8) is 0 Å². The normalized spacial score (nSPS) is 16.5. The molecule has 1 aromatic heterocycles. The highest BCUT2D eigenvalue weighted by molar-refractivity contribution is 5.93. The van der Waals surface area contributed by atoms with Crippen molar-refractivity contribution in [2.24, 2.45) is 5.73 Å². The molecule has 8 nitrogen and oxygen atoms in total. The molecule has 3 rings (SSSR count). The molecule has 2 heterocycles. The van der Waals surface area contributed by atoms with E-state index in [1.807, 2.05) is 6.92 Å². The Morgan fingerprint density at radius 3 is 2.59 bits per heavy atom. The molecule has 160 valence electrons. The topological polar surface area (TPSA) is 121 Å². The highest BCUT2D eigenvalue weighted by Crippen LogP contribution is 2.30. The van der Waals surface area contributed by atoms with Gasteiger partial charge in [0.05, 0.1) is 17.5 Å². The Morgan fingerprint density at radius 1 is 1.41 bits per heavy atom. The molecule has 1 fully saturated rings. The second kappa shape index (κ2) is 9.77. The van der Waals surface area contributed by atoms with Crippen molar-refractivity contribution in [3.05, 3.63) is 39.7 Å². The smallest absolute Gasteiger partial charge is 0.341 e. The molecule has 0 spiro atoms. The number of aromatic carboxylic acids is 1. The number of halogens is 2. The Bertz CT molecular complexity index is 946. The summed E-state index contributed by atoms with van der Waals surface area (Å²) in [5.74, 6) is -3.11. The number of carboxylic acids is 1. The van der Waals surface area contributed by atoms with Crippen LogP contribution in [-0.4, -0.2) is 59.6 Å². The number of benzene rings is 1. The predicted molar refractivity (Wildman–Crippen MR) is 107 cm³/mol. The summed E-state index contributed by atoms with van der Waals surface area (Å²) in [6.45, 7) is 5.80. The summed E-state index contributed by atoms with van der Waals surface area (Å²) < 4.78 is 31.2. The Morgan fingerprint density at radius 2 is 2.07 bits per heavy atom. The number of hydrogen-bond acceptors (Lipinski definition) is 6. The Kier molecular flexibility index (Phi) is 7.66. The number of nitrogens with two attached hydrogens (primary N) is 1. The number of aromatic nitrogens is 1. The van der Waals surface area contributed by atoms with Crippen LogP contribution in [0.15, 0.2) is 17.1 Å². The molecule has 1 saturated heterocycles. The van der Waals surface area contributed by atoms with Gasteiger partial charge in [0.15, 0.2) is 5.82 Å². The third-order valence-corrected chi connectivity index (χ3v) is 4.61. The van der Waals surface area contributed by atoms with Gasteiger partial charge in [-0.1, -0.05) is 0 Å². The van der Waals surface area contributed by atoms with Gasteiger partial charge in [0.2, 0.25) is 5.43 Å². The predicted octanol–water partition coefficient (Wildman–Crippen LogP) is 0.733. The Balaban J connectivity index is 0.000000687. The van der Waals surface area contributed by atoms with E-state index >= 15 is 4.39 Å². The van der Waals surface area contributed by atoms with Crippen LogP contribution in [0, 0.1) is 11.6 Å². The van der Waals surface area contributed by atoms with E-state index in [1.54, 1.807) is 11.8 Å². The van der Waals surface area contributed by atoms with E-state index in [-0.39, 0.29) is 35.8 Å². The molecule has 0 radical (unpaired) electrons. The number of aliphatic hydroxyl groups excluding tert-OH is 1. The van der Waals surface area contributed by atoms with Crippen molar-refractivity contribution in [2.75, 3.05) is 37.7 Å². The van der Waals surface area contributed by atoms with E-state index in [0.717, 1.165) is 12.3 Å². The number of nitrogens with one attached hydrogen (secondary N) is 1. The molecular weight excluding hydrogens is 386 g/mol. The first-order valence-corrected chi connectivity index (χ1v) is 9.34. The number of hydrogen-bond donors (Lipinski definition) is 4. The first-order chi connectivity index (χ1) is 13.8. The lowest BCUT2D eigenvalue weighted by Gasteiger charge is -2.34. The van der Waals surface area contributed by atoms with Gasteiger partial charge < -0.3 is 30.7 Å². The molecular formula is C19H26F2N4O4. The van der Waals surface area contributed by atoms with E-state index in [1.165, 1.54) is 4.57 Å². The van der Waals surface area contributed by atoms with Gasteiger partial charge in [0.25, 0.3) is 0 Å². The van der Waals surface area contributed by atoms with Crippen LogP contribution in [0.2, 0.25) is 0 Å². The van der Waals surface area contributed by atoms with Crippen molar-refractivity contribution in [1.29, 1.82) is 0 Å². The summed E-state index contributed by atoms with van der Waals surface area (Å²) >= 11 is 0. The number of rotatable bonds is 4. The molecule has 1 aliphatic heterocycles. The van der Waals surface area contributed by atoms with Crippen LogP contribution in [0.4, 0.5) is 14.5 Å². The van der Waals surface area contributed by atoms with Gasteiger partial charge in [0.1, 0.15) is 17.1 Å². The maximum absolute atomic E-state index is 15.2. The molecule has 0 saturated carbocycles. The number of carbonyl (C=O) groups is 1. The molecule has 1 atom stereocenters. The molecule has 0 aliphatic carbocycles. The van der Waals surface area contributed by atoms with Gasteiger partial charge in [-0.2, -0.15) is 0 Å². The fourth-order valence-electron chi connectivity index (χ4n) is 3.30. The fourth-order valence-corrected chi connectivity index (χ4v) is 3.30. The number of fused-ring (bicyclic) bond motifs is 1. The Hall–Kier alpha value is -2.56. The zero-order valence-electron chi connectivity index (χ0n) is 16.4. The first-order valence-electron chi connectivity index (χ1n) is 9.34. The summed E-state index contributed by atoms with van der Waals surface area (Å²) in [5, 5.41) is 19.8. The lowest BCUT2D eigenvalue weighted by atomic mass is 10.1. The molecule has 1 unspecified atom stereocenters. The maximum atomic E-state index is 15.2. The SMILES string of the molecule is CCn1cc(C(=O)O)c(=O)c2cc(F)c(N3CCNC(C)C3)c(F)c21.NCCO. The van der Waals surface area contributed by atoms with E-state index in [4.69, 9.17) is 15.9 Å². The largest absolute Gasteiger partial charge is 0.477 e. The van der Waals surface area contributed by atoms with E-state index in [0.29, 0.717) is 26.2 Å². The summed E-state index contributed by atoms with van der Waals surface area (Å²) in [7, 11) is 0. The zero-order valence-corrected chi connectivity index (χ0v) is 16.4. The van der Waals surface area contributed by atoms with Crippen molar-refractivity contribution in [1.82, 2.24) is 9.88 Å². The number of nitrogens with zero attached hydrogens (tertiary/aromatic N) is 2. The summed E-state index contributed by atoms with van der Waals surface area (Å²) in [5.41, 5.74) is 3.15. The van der Waals surface area contributed by atoms with Crippen molar-refractivity contribution in [2.45, 2.75) is 26.4 Å². The minimum absolute atomic E-state index is 0.0694. The number of aliphatic hydroxyl groups is 1. The molecule has 10 heteroatoms. The van der Waals surface area contributed by atoms with Gasteiger partial charge >= 0.3 is 5.97 Å². The molecule has 2 aromatic rings. The van der Waals surface area contributed by atoms with Crippen LogP contribution in [0.25, 0.3) is 10.9 Å². The highest BCUT2D eigenvalue weighted by atomic mass is 19.1. The maximum Gasteiger partial charge on any atom is 0.341 e. The van der Waals surface area contributed by atoms with Crippen LogP contribution in [0.5, 0.6) is 0 Å². The first kappa shape index (κ1) is 22.7. The molecule has 0 bridgehead atoms. The summed E-state index contributed by atoms with van der Waals surface area (Å²) in [6.07, 6.45) is 1.11. The fraction of sp³-hybridized carbons (Fsp3) is 0.474. The standard InChI is InChI=1S/C17H19F2N3O3.C2H7NO/c1-3-21-8-11(17(24)25)16(23)10-6-12(18)15(13(19)14(10)21)22-5-4-20-9(2)7-22;3-1-2-4/h6,8-9,20H,3-5,7H2,1-2H3,(H,24,25);4H,1-3H2. The van der Waals surface area contributed by atoms with Crippen LogP contribution in [0.3, 0.4) is 0 Å². The van der Waals surface area contributed by atoms with E-state index in [2.05, 4.69) is 5.32 Å². The number of carboxylic acid groups (broad SMARTS) is 1. The van der Waals surface area contributed by atoms with Crippen molar-refractivity contribution >= 4 is 22.6 Å². The zero-order chi connectivity index (χ0) is 21.7.